The molecule has 0 N–H and O–H groups in total. The Morgan fingerprint density at radius 3 is 1.71 bits per heavy atom. The Labute approximate surface area is 267 Å². The van der Waals surface area contributed by atoms with E-state index in [0.29, 0.717) is 5.02 Å². The zero-order valence-electron chi connectivity index (χ0n) is 24.3. The number of ether oxygens (including phenoxy) is 1. The zero-order valence-corrected chi connectivity index (χ0v) is 26.0. The molecule has 1 atom stereocenters. The predicted molar refractivity (Wildman–Crippen MR) is 188 cm³/mol. The van der Waals surface area contributed by atoms with Gasteiger partial charge in [-0.15, -0.1) is 0 Å². The lowest BCUT2D eigenvalue weighted by atomic mass is 9.81. The van der Waals surface area contributed by atoms with Crippen LogP contribution < -0.4 is 20.7 Å². The third kappa shape index (κ3) is 4.53. The maximum Gasteiger partial charge on any atom is 0.172 e. The molecule has 0 aromatic heterocycles. The van der Waals surface area contributed by atoms with Gasteiger partial charge in [0.1, 0.15) is 5.75 Å². The van der Waals surface area contributed by atoms with E-state index >= 15 is 4.57 Å². The van der Waals surface area contributed by atoms with E-state index in [0.717, 1.165) is 65.8 Å². The lowest BCUT2D eigenvalue weighted by molar-refractivity contribution is 0.245. The quantitative estimate of drug-likeness (QED) is 0.179. The minimum Gasteiger partial charge on any atom is -0.480 e. The monoisotopic (exact) mass is 618 g/mol. The van der Waals surface area contributed by atoms with Gasteiger partial charge in [-0.25, -0.2) is 0 Å². The van der Waals surface area contributed by atoms with Crippen molar-refractivity contribution in [1.82, 2.24) is 0 Å². The molecule has 1 aliphatic rings. The van der Waals surface area contributed by atoms with E-state index in [1.54, 1.807) is 0 Å². The van der Waals surface area contributed by atoms with Gasteiger partial charge < -0.3 is 9.30 Å². The topological polar surface area (TPSA) is 26.3 Å². The molecule has 0 saturated heterocycles. The van der Waals surface area contributed by atoms with Crippen molar-refractivity contribution >= 4 is 45.4 Å². The summed E-state index contributed by atoms with van der Waals surface area (Å²) in [5.74, 6) is 0.744. The average molecular weight is 619 g/mol. The highest BCUT2D eigenvalue weighted by Gasteiger charge is 2.42. The summed E-state index contributed by atoms with van der Waals surface area (Å²) in [7, 11) is -3.49. The summed E-state index contributed by atoms with van der Waals surface area (Å²) in [4.78, 5) is 0. The van der Waals surface area contributed by atoms with Crippen molar-refractivity contribution in [2.45, 2.75) is 6.10 Å². The minimum absolute atomic E-state index is 0.516. The number of halogens is 1. The number of rotatable bonds is 5. The van der Waals surface area contributed by atoms with Gasteiger partial charge in [0.2, 0.25) is 0 Å². The molecule has 45 heavy (non-hydrogen) atoms. The SMILES string of the molecule is O=P(c1ccccc1)(c1ccccc1)c1c2c(c(-c3ccccc3)c3ccccc13)-c1cc(Cl)ccc1OC2c1ccccc1. The van der Waals surface area contributed by atoms with Gasteiger partial charge in [0, 0.05) is 37.6 Å². The average Bonchev–Trinajstić information content (AvgIpc) is 3.11. The van der Waals surface area contributed by atoms with Gasteiger partial charge in [0.05, 0.1) is 0 Å². The molecule has 0 radical (unpaired) electrons. The number of benzene rings is 7. The summed E-state index contributed by atoms with van der Waals surface area (Å²) in [6.45, 7) is 0. The van der Waals surface area contributed by atoms with E-state index in [9.17, 15) is 0 Å². The molecule has 8 rings (SSSR count). The fourth-order valence-corrected chi connectivity index (χ4v) is 10.0. The molecule has 0 spiro atoms. The van der Waals surface area contributed by atoms with Crippen molar-refractivity contribution in [1.29, 1.82) is 0 Å². The molecule has 0 amide bonds. The van der Waals surface area contributed by atoms with Crippen LogP contribution in [0.1, 0.15) is 17.2 Å². The van der Waals surface area contributed by atoms with Crippen LogP contribution in [0, 0.1) is 0 Å². The Bertz CT molecular complexity index is 2170. The highest BCUT2D eigenvalue weighted by molar-refractivity contribution is 7.85. The predicted octanol–water partition coefficient (Wildman–Crippen LogP) is 9.95. The van der Waals surface area contributed by atoms with E-state index < -0.39 is 13.2 Å². The van der Waals surface area contributed by atoms with Crippen LogP contribution in [-0.2, 0) is 4.57 Å². The third-order valence-corrected chi connectivity index (χ3v) is 12.1. The van der Waals surface area contributed by atoms with Crippen LogP contribution in [0.3, 0.4) is 0 Å². The first-order chi connectivity index (χ1) is 22.1. The molecule has 0 saturated carbocycles. The van der Waals surface area contributed by atoms with Crippen LogP contribution in [0.15, 0.2) is 164 Å². The molecule has 0 aliphatic carbocycles. The van der Waals surface area contributed by atoms with Gasteiger partial charge in [-0.2, -0.15) is 0 Å². The fraction of sp³-hybridized carbons (Fsp3) is 0.0244. The summed E-state index contributed by atoms with van der Waals surface area (Å²) in [6, 6.07) is 54.7. The second-order valence-electron chi connectivity index (χ2n) is 11.3. The van der Waals surface area contributed by atoms with Crippen LogP contribution in [0.4, 0.5) is 0 Å². The maximum atomic E-state index is 16.4. The van der Waals surface area contributed by atoms with Crippen molar-refractivity contribution in [3.63, 3.8) is 0 Å². The van der Waals surface area contributed by atoms with Gasteiger partial charge in [0.25, 0.3) is 0 Å². The molecule has 1 unspecified atom stereocenters. The molecule has 0 fully saturated rings. The van der Waals surface area contributed by atoms with E-state index in [4.69, 9.17) is 16.3 Å². The summed E-state index contributed by atoms with van der Waals surface area (Å²) in [6.07, 6.45) is -0.516. The summed E-state index contributed by atoms with van der Waals surface area (Å²) in [5.41, 5.74) is 5.94. The van der Waals surface area contributed by atoms with Gasteiger partial charge in [-0.1, -0.05) is 157 Å². The summed E-state index contributed by atoms with van der Waals surface area (Å²) in [5, 5.41) is 4.94. The molecule has 216 valence electrons. The van der Waals surface area contributed by atoms with Crippen LogP contribution in [-0.4, -0.2) is 0 Å². The molecular formula is C41H28ClO2P. The number of hydrogen-bond donors (Lipinski definition) is 0. The van der Waals surface area contributed by atoms with Gasteiger partial charge >= 0.3 is 0 Å². The zero-order chi connectivity index (χ0) is 30.4. The van der Waals surface area contributed by atoms with E-state index in [1.165, 1.54) is 0 Å². The van der Waals surface area contributed by atoms with E-state index in [-0.39, 0.29) is 0 Å². The molecule has 7 aromatic rings. The highest BCUT2D eigenvalue weighted by Crippen LogP contribution is 2.56. The van der Waals surface area contributed by atoms with Crippen molar-refractivity contribution in [2.75, 3.05) is 0 Å². The van der Waals surface area contributed by atoms with Gasteiger partial charge in [-0.3, -0.25) is 0 Å². The lowest BCUT2D eigenvalue weighted by Gasteiger charge is -2.36. The van der Waals surface area contributed by atoms with E-state index in [1.807, 2.05) is 109 Å². The lowest BCUT2D eigenvalue weighted by Crippen LogP contribution is -2.32. The summed E-state index contributed by atoms with van der Waals surface area (Å²) < 4.78 is 23.4. The first-order valence-electron chi connectivity index (χ1n) is 15.0. The number of fused-ring (bicyclic) bond motifs is 4. The molecule has 2 nitrogen and oxygen atoms in total. The van der Waals surface area contributed by atoms with Crippen LogP contribution in [0.5, 0.6) is 5.75 Å². The van der Waals surface area contributed by atoms with Crippen LogP contribution in [0.2, 0.25) is 5.02 Å². The van der Waals surface area contributed by atoms with E-state index in [2.05, 4.69) is 54.6 Å². The molecule has 4 heteroatoms. The molecule has 1 aliphatic heterocycles. The molecule has 7 aromatic carbocycles. The Morgan fingerprint density at radius 1 is 0.556 bits per heavy atom. The Kier molecular flexibility index (Phi) is 6.91. The smallest absolute Gasteiger partial charge is 0.172 e. The first kappa shape index (κ1) is 27.7. The number of hydrogen-bond acceptors (Lipinski definition) is 2. The van der Waals surface area contributed by atoms with Crippen LogP contribution in [0.25, 0.3) is 33.0 Å². The van der Waals surface area contributed by atoms with Crippen LogP contribution >= 0.6 is 18.7 Å². The molecule has 0 bridgehead atoms. The third-order valence-electron chi connectivity index (χ3n) is 8.66. The van der Waals surface area contributed by atoms with Gasteiger partial charge in [0.15, 0.2) is 13.2 Å². The maximum absolute atomic E-state index is 16.4. The fourth-order valence-electron chi connectivity index (χ4n) is 6.75. The Hall–Kier alpha value is -4.88. The molecule has 1 heterocycles. The Morgan fingerprint density at radius 2 is 1.09 bits per heavy atom. The Balaban J connectivity index is 1.65. The first-order valence-corrected chi connectivity index (χ1v) is 17.1. The standard InChI is InChI=1S/C41H28ClO2P/c42-30-25-26-36-35(27-30)38-37(28-15-5-1-6-16-28)33-23-13-14-24-34(33)41(39(38)40(44-36)29-17-7-2-8-18-29)45(43,31-19-9-3-10-20-31)32-21-11-4-12-22-32/h1-27,40H. The summed E-state index contributed by atoms with van der Waals surface area (Å²) >= 11 is 6.72. The second kappa shape index (κ2) is 11.2. The highest BCUT2D eigenvalue weighted by atomic mass is 35.5. The van der Waals surface area contributed by atoms with Crippen molar-refractivity contribution < 1.29 is 9.30 Å². The van der Waals surface area contributed by atoms with Crippen molar-refractivity contribution in [3.05, 3.63) is 180 Å². The molecular weight excluding hydrogens is 591 g/mol. The van der Waals surface area contributed by atoms with Crippen molar-refractivity contribution in [3.8, 4) is 28.0 Å². The largest absolute Gasteiger partial charge is 0.480 e. The van der Waals surface area contributed by atoms with Gasteiger partial charge in [-0.05, 0) is 45.7 Å². The normalized spacial score (nSPS) is 13.9. The second-order valence-corrected chi connectivity index (χ2v) is 14.4. The van der Waals surface area contributed by atoms with Crippen molar-refractivity contribution in [2.24, 2.45) is 0 Å². The minimum atomic E-state index is -3.49.